The molecule has 0 saturated carbocycles. The lowest BCUT2D eigenvalue weighted by molar-refractivity contribution is -0.138. The molecule has 0 radical (unpaired) electrons. The van der Waals surface area contributed by atoms with Crippen LogP contribution >= 0.6 is 11.3 Å². The first kappa shape index (κ1) is 25.4. The second kappa shape index (κ2) is 10.6. The van der Waals surface area contributed by atoms with E-state index in [1.54, 1.807) is 35.8 Å². The minimum atomic E-state index is -0.715. The fraction of sp³-hybridized carbons (Fsp3) is 0.194. The second-order valence-electron chi connectivity index (χ2n) is 9.35. The summed E-state index contributed by atoms with van der Waals surface area (Å²) in [6, 6.07) is 23.5. The van der Waals surface area contributed by atoms with Gasteiger partial charge in [0.15, 0.2) is 4.80 Å². The Bertz CT molecular complexity index is 1700. The molecular formula is C31H28N2O4S. The Hall–Kier alpha value is -4.23. The third-order valence-corrected chi connectivity index (χ3v) is 7.44. The van der Waals surface area contributed by atoms with Gasteiger partial charge >= 0.3 is 5.97 Å². The first-order valence-electron chi connectivity index (χ1n) is 12.5. The van der Waals surface area contributed by atoms with Crippen molar-refractivity contribution in [2.24, 2.45) is 4.99 Å². The third kappa shape index (κ3) is 4.85. The molecule has 0 unspecified atom stereocenters. The van der Waals surface area contributed by atoms with Crippen LogP contribution in [0.15, 0.2) is 94.2 Å². The average Bonchev–Trinajstić information content (AvgIpc) is 3.22. The molecular weight excluding hydrogens is 496 g/mol. The SMILES string of the molecule is CCOC(=O)C1=C(c2ccccc2)N=c2s/c(=C\c3cccc(O)c3)c(=O)n2[C@@H]1c1ccc(C(C)C)cc1. The van der Waals surface area contributed by atoms with E-state index in [2.05, 4.69) is 13.8 Å². The van der Waals surface area contributed by atoms with Gasteiger partial charge in [0.05, 0.1) is 28.5 Å². The largest absolute Gasteiger partial charge is 0.508 e. The first-order chi connectivity index (χ1) is 18.4. The second-order valence-corrected chi connectivity index (χ2v) is 10.4. The van der Waals surface area contributed by atoms with Gasteiger partial charge in [-0.2, -0.15) is 0 Å². The summed E-state index contributed by atoms with van der Waals surface area (Å²) in [6.45, 7) is 6.21. The molecule has 0 saturated heterocycles. The normalized spacial score (nSPS) is 15.4. The van der Waals surface area contributed by atoms with Crippen molar-refractivity contribution in [3.8, 4) is 5.75 Å². The van der Waals surface area contributed by atoms with Crippen molar-refractivity contribution < 1.29 is 14.6 Å². The number of fused-ring (bicyclic) bond motifs is 1. The van der Waals surface area contributed by atoms with E-state index < -0.39 is 12.0 Å². The van der Waals surface area contributed by atoms with Crippen LogP contribution in [0, 0.1) is 0 Å². The predicted molar refractivity (Wildman–Crippen MR) is 150 cm³/mol. The number of carbonyl (C=O) groups excluding carboxylic acids is 1. The Morgan fingerprint density at radius 1 is 1.08 bits per heavy atom. The Morgan fingerprint density at radius 3 is 2.47 bits per heavy atom. The molecule has 0 aliphatic carbocycles. The summed E-state index contributed by atoms with van der Waals surface area (Å²) < 4.78 is 7.55. The fourth-order valence-corrected chi connectivity index (χ4v) is 5.59. The molecule has 6 nitrogen and oxygen atoms in total. The minimum absolute atomic E-state index is 0.116. The molecule has 1 atom stereocenters. The van der Waals surface area contributed by atoms with E-state index in [-0.39, 0.29) is 17.9 Å². The van der Waals surface area contributed by atoms with Gasteiger partial charge in [-0.3, -0.25) is 9.36 Å². The van der Waals surface area contributed by atoms with E-state index in [4.69, 9.17) is 9.73 Å². The zero-order chi connectivity index (χ0) is 26.8. The lowest BCUT2D eigenvalue weighted by Gasteiger charge is -2.26. The highest BCUT2D eigenvalue weighted by Crippen LogP contribution is 2.35. The Morgan fingerprint density at radius 2 is 1.82 bits per heavy atom. The maximum Gasteiger partial charge on any atom is 0.338 e. The van der Waals surface area contributed by atoms with Gasteiger partial charge in [-0.1, -0.05) is 91.9 Å². The van der Waals surface area contributed by atoms with Gasteiger partial charge in [0.1, 0.15) is 5.75 Å². The van der Waals surface area contributed by atoms with Gasteiger partial charge < -0.3 is 9.84 Å². The maximum absolute atomic E-state index is 13.9. The molecule has 4 aromatic rings. The van der Waals surface area contributed by atoms with E-state index in [1.807, 2.05) is 60.7 Å². The van der Waals surface area contributed by atoms with Gasteiger partial charge in [0.25, 0.3) is 5.56 Å². The van der Waals surface area contributed by atoms with Crippen LogP contribution in [0.5, 0.6) is 5.75 Å². The predicted octanol–water partition coefficient (Wildman–Crippen LogP) is 4.76. The number of carbonyl (C=O) groups is 1. The van der Waals surface area contributed by atoms with Crippen LogP contribution in [-0.2, 0) is 9.53 Å². The van der Waals surface area contributed by atoms with Crippen LogP contribution in [0.3, 0.4) is 0 Å². The highest BCUT2D eigenvalue weighted by atomic mass is 32.1. The van der Waals surface area contributed by atoms with E-state index in [0.717, 1.165) is 16.7 Å². The molecule has 0 bridgehead atoms. The lowest BCUT2D eigenvalue weighted by Crippen LogP contribution is -2.40. The Kier molecular flexibility index (Phi) is 7.11. The van der Waals surface area contributed by atoms with Crippen LogP contribution in [0.2, 0.25) is 0 Å². The summed E-state index contributed by atoms with van der Waals surface area (Å²) in [5, 5.41) is 9.91. The molecule has 1 aliphatic rings. The molecule has 7 heteroatoms. The summed E-state index contributed by atoms with van der Waals surface area (Å²) >= 11 is 1.25. The molecule has 1 aromatic heterocycles. The third-order valence-electron chi connectivity index (χ3n) is 6.46. The van der Waals surface area contributed by atoms with Crippen molar-refractivity contribution in [2.45, 2.75) is 32.7 Å². The Balaban J connectivity index is 1.82. The smallest absolute Gasteiger partial charge is 0.338 e. The van der Waals surface area contributed by atoms with Gasteiger partial charge in [0.2, 0.25) is 0 Å². The van der Waals surface area contributed by atoms with Crippen LogP contribution in [0.4, 0.5) is 0 Å². The number of thiazole rings is 1. The fourth-order valence-electron chi connectivity index (χ4n) is 4.58. The number of nitrogens with zero attached hydrogens (tertiary/aromatic N) is 2. The van der Waals surface area contributed by atoms with Crippen molar-refractivity contribution in [3.05, 3.63) is 126 Å². The zero-order valence-electron chi connectivity index (χ0n) is 21.4. The molecule has 192 valence electrons. The number of hydrogen-bond acceptors (Lipinski definition) is 6. The summed E-state index contributed by atoms with van der Waals surface area (Å²) in [7, 11) is 0. The van der Waals surface area contributed by atoms with Crippen molar-refractivity contribution in [1.82, 2.24) is 4.57 Å². The molecule has 1 aliphatic heterocycles. The van der Waals surface area contributed by atoms with Crippen LogP contribution < -0.4 is 14.9 Å². The molecule has 3 aromatic carbocycles. The van der Waals surface area contributed by atoms with Crippen molar-refractivity contribution in [3.63, 3.8) is 0 Å². The first-order valence-corrected chi connectivity index (χ1v) is 13.4. The van der Waals surface area contributed by atoms with Crippen molar-refractivity contribution >= 4 is 29.1 Å². The number of phenols is 1. The van der Waals surface area contributed by atoms with Gasteiger partial charge in [-0.15, -0.1) is 0 Å². The molecule has 0 fully saturated rings. The molecule has 1 N–H and O–H groups in total. The maximum atomic E-state index is 13.9. The van der Waals surface area contributed by atoms with E-state index >= 15 is 0 Å². The Labute approximate surface area is 224 Å². The van der Waals surface area contributed by atoms with Crippen molar-refractivity contribution in [1.29, 1.82) is 0 Å². The average molecular weight is 525 g/mol. The van der Waals surface area contributed by atoms with Gasteiger partial charge in [-0.05, 0) is 47.7 Å². The number of ether oxygens (including phenoxy) is 1. The minimum Gasteiger partial charge on any atom is -0.508 e. The monoisotopic (exact) mass is 524 g/mol. The van der Waals surface area contributed by atoms with Gasteiger partial charge in [0, 0.05) is 5.56 Å². The standard InChI is InChI=1S/C31H28N2O4S/c1-4-37-30(36)26-27(22-10-6-5-7-11-22)32-31-33(28(26)23-15-13-21(14-16-23)19(2)3)29(35)25(38-31)18-20-9-8-12-24(34)17-20/h5-19,28,34H,4H2,1-3H3/b25-18-/t28-/m1/s1. The summed E-state index contributed by atoms with van der Waals surface area (Å²) in [4.78, 5) is 32.7. The zero-order valence-corrected chi connectivity index (χ0v) is 22.2. The van der Waals surface area contributed by atoms with E-state index in [9.17, 15) is 14.7 Å². The number of phenolic OH excluding ortho intramolecular Hbond substituents is 1. The van der Waals surface area contributed by atoms with Gasteiger partial charge in [-0.25, -0.2) is 9.79 Å². The van der Waals surface area contributed by atoms with E-state index in [0.29, 0.717) is 32.1 Å². The summed E-state index contributed by atoms with van der Waals surface area (Å²) in [5.74, 6) is -0.0471. The van der Waals surface area contributed by atoms with Crippen LogP contribution in [-0.4, -0.2) is 22.2 Å². The number of rotatable bonds is 6. The number of benzene rings is 3. The topological polar surface area (TPSA) is 80.9 Å². The molecule has 0 amide bonds. The molecule has 38 heavy (non-hydrogen) atoms. The molecule has 5 rings (SSSR count). The molecule has 0 spiro atoms. The number of aromatic hydroxyl groups is 1. The van der Waals surface area contributed by atoms with E-state index in [1.165, 1.54) is 11.3 Å². The van der Waals surface area contributed by atoms with Crippen molar-refractivity contribution in [2.75, 3.05) is 6.61 Å². The highest BCUT2D eigenvalue weighted by Gasteiger charge is 2.35. The lowest BCUT2D eigenvalue weighted by atomic mass is 9.91. The van der Waals surface area contributed by atoms with Crippen LogP contribution in [0.1, 0.15) is 55.0 Å². The summed E-state index contributed by atoms with van der Waals surface area (Å²) in [5.41, 5.74) is 3.98. The molecule has 2 heterocycles. The number of hydrogen-bond donors (Lipinski definition) is 1. The number of esters is 1. The number of aromatic nitrogens is 1. The summed E-state index contributed by atoms with van der Waals surface area (Å²) in [6.07, 6.45) is 1.73. The highest BCUT2D eigenvalue weighted by molar-refractivity contribution is 7.07. The van der Waals surface area contributed by atoms with Crippen LogP contribution in [0.25, 0.3) is 11.8 Å². The quantitative estimate of drug-likeness (QED) is 0.369.